The van der Waals surface area contributed by atoms with Crippen LogP contribution in [0.15, 0.2) is 55.0 Å². The maximum atomic E-state index is 12.3. The van der Waals surface area contributed by atoms with Crippen molar-refractivity contribution < 1.29 is 4.79 Å². The van der Waals surface area contributed by atoms with Gasteiger partial charge in [-0.15, -0.1) is 0 Å². The van der Waals surface area contributed by atoms with Crippen molar-refractivity contribution in [1.29, 1.82) is 0 Å². The smallest absolute Gasteiger partial charge is 0.270 e. The Kier molecular flexibility index (Phi) is 5.26. The van der Waals surface area contributed by atoms with Gasteiger partial charge >= 0.3 is 0 Å². The lowest BCUT2D eigenvalue weighted by molar-refractivity contribution is 0.0945. The summed E-state index contributed by atoms with van der Waals surface area (Å²) in [4.78, 5) is 29.1. The highest BCUT2D eigenvalue weighted by Gasteiger charge is 2.10. The maximum Gasteiger partial charge on any atom is 0.270 e. The number of nitrogens with zero attached hydrogens (tertiary/aromatic N) is 4. The van der Waals surface area contributed by atoms with Gasteiger partial charge in [0.25, 0.3) is 5.91 Å². The average Bonchev–Trinajstić information content (AvgIpc) is 2.66. The van der Waals surface area contributed by atoms with Crippen molar-refractivity contribution in [3.63, 3.8) is 0 Å². The number of hydrogen-bond donors (Lipinski definition) is 2. The zero-order chi connectivity index (χ0) is 17.5. The standard InChI is InChI=1S/C18H18N6O/c1-13-23-16(18(25)22-11-14-5-4-7-19-10-14)9-17(24-13)21-12-15-6-2-3-8-20-15/h2-10H,11-12H2,1H3,(H,22,25)(H,21,23,24). The molecule has 3 aromatic heterocycles. The number of aryl methyl sites for hydroxylation is 1. The van der Waals surface area contributed by atoms with Crippen molar-refractivity contribution in [3.8, 4) is 0 Å². The first-order chi connectivity index (χ1) is 12.2. The topological polar surface area (TPSA) is 92.7 Å². The summed E-state index contributed by atoms with van der Waals surface area (Å²) in [5.41, 5.74) is 2.14. The average molecular weight is 334 g/mol. The van der Waals surface area contributed by atoms with Gasteiger partial charge in [-0.25, -0.2) is 9.97 Å². The lowest BCUT2D eigenvalue weighted by Gasteiger charge is -2.09. The van der Waals surface area contributed by atoms with Gasteiger partial charge in [0.05, 0.1) is 12.2 Å². The van der Waals surface area contributed by atoms with Gasteiger partial charge in [0.15, 0.2) is 0 Å². The van der Waals surface area contributed by atoms with Gasteiger partial charge in [0.1, 0.15) is 17.3 Å². The molecule has 0 saturated carbocycles. The fourth-order valence-electron chi connectivity index (χ4n) is 2.23. The molecule has 126 valence electrons. The third kappa shape index (κ3) is 4.81. The Hall–Kier alpha value is -3.35. The van der Waals surface area contributed by atoms with Crippen molar-refractivity contribution in [2.45, 2.75) is 20.0 Å². The molecule has 0 aliphatic carbocycles. The summed E-state index contributed by atoms with van der Waals surface area (Å²) in [6, 6.07) is 11.1. The van der Waals surface area contributed by atoms with Crippen molar-refractivity contribution >= 4 is 11.7 Å². The molecule has 7 heteroatoms. The normalized spacial score (nSPS) is 10.3. The minimum atomic E-state index is -0.254. The molecule has 1 amide bonds. The van der Waals surface area contributed by atoms with Crippen LogP contribution in [0.4, 0.5) is 5.82 Å². The third-order valence-electron chi connectivity index (χ3n) is 3.42. The molecule has 0 atom stereocenters. The number of pyridine rings is 2. The summed E-state index contributed by atoms with van der Waals surface area (Å²) in [6.45, 7) is 2.67. The number of hydrogen-bond acceptors (Lipinski definition) is 6. The summed E-state index contributed by atoms with van der Waals surface area (Å²) in [7, 11) is 0. The van der Waals surface area contributed by atoms with Crippen LogP contribution >= 0.6 is 0 Å². The molecule has 25 heavy (non-hydrogen) atoms. The first-order valence-electron chi connectivity index (χ1n) is 7.87. The molecule has 0 unspecified atom stereocenters. The van der Waals surface area contributed by atoms with Gasteiger partial charge in [-0.1, -0.05) is 12.1 Å². The van der Waals surface area contributed by atoms with Crippen molar-refractivity contribution in [2.75, 3.05) is 5.32 Å². The van der Waals surface area contributed by atoms with E-state index in [-0.39, 0.29) is 5.91 Å². The highest BCUT2D eigenvalue weighted by Crippen LogP contribution is 2.09. The number of carbonyl (C=O) groups excluding carboxylic acids is 1. The minimum Gasteiger partial charge on any atom is -0.364 e. The number of rotatable bonds is 6. The van der Waals surface area contributed by atoms with Crippen LogP contribution in [0.3, 0.4) is 0 Å². The first-order valence-corrected chi connectivity index (χ1v) is 7.87. The lowest BCUT2D eigenvalue weighted by Crippen LogP contribution is -2.24. The molecule has 0 radical (unpaired) electrons. The van der Waals surface area contributed by atoms with Crippen LogP contribution in [0.2, 0.25) is 0 Å². The Labute approximate surface area is 145 Å². The number of carbonyl (C=O) groups is 1. The molecule has 2 N–H and O–H groups in total. The second kappa shape index (κ2) is 7.96. The Morgan fingerprint density at radius 3 is 2.76 bits per heavy atom. The molecule has 0 spiro atoms. The monoisotopic (exact) mass is 334 g/mol. The van der Waals surface area contributed by atoms with Gasteiger partial charge in [-0.2, -0.15) is 0 Å². The molecule has 0 aromatic carbocycles. The largest absolute Gasteiger partial charge is 0.364 e. The van der Waals surface area contributed by atoms with E-state index >= 15 is 0 Å². The Bertz CT molecular complexity index is 839. The molecule has 3 rings (SSSR count). The molecule has 0 aliphatic rings. The van der Waals surface area contributed by atoms with Gasteiger partial charge in [0.2, 0.25) is 0 Å². The van der Waals surface area contributed by atoms with E-state index in [0.717, 1.165) is 11.3 Å². The summed E-state index contributed by atoms with van der Waals surface area (Å²) in [5, 5.41) is 6.00. The van der Waals surface area contributed by atoms with Crippen LogP contribution in [0, 0.1) is 6.92 Å². The SMILES string of the molecule is Cc1nc(NCc2ccccn2)cc(C(=O)NCc2cccnc2)n1. The zero-order valence-electron chi connectivity index (χ0n) is 13.8. The van der Waals surface area contributed by atoms with Crippen LogP contribution in [0.25, 0.3) is 0 Å². The van der Waals surface area contributed by atoms with Crippen molar-refractivity contribution in [1.82, 2.24) is 25.3 Å². The summed E-state index contributed by atoms with van der Waals surface area (Å²) in [5.74, 6) is 0.859. The summed E-state index contributed by atoms with van der Waals surface area (Å²) < 4.78 is 0. The van der Waals surface area contributed by atoms with Crippen molar-refractivity contribution in [2.24, 2.45) is 0 Å². The highest BCUT2D eigenvalue weighted by molar-refractivity contribution is 5.92. The molecule has 3 aromatic rings. The zero-order valence-corrected chi connectivity index (χ0v) is 13.8. The molecule has 0 aliphatic heterocycles. The third-order valence-corrected chi connectivity index (χ3v) is 3.42. The fraction of sp³-hybridized carbons (Fsp3) is 0.167. The second-order valence-corrected chi connectivity index (χ2v) is 5.40. The van der Waals surface area contributed by atoms with E-state index in [0.29, 0.717) is 30.4 Å². The van der Waals surface area contributed by atoms with E-state index in [4.69, 9.17) is 0 Å². The molecular weight excluding hydrogens is 316 g/mol. The second-order valence-electron chi connectivity index (χ2n) is 5.40. The van der Waals surface area contributed by atoms with Gasteiger partial charge < -0.3 is 10.6 Å². The molecule has 7 nitrogen and oxygen atoms in total. The quantitative estimate of drug-likeness (QED) is 0.717. The number of amides is 1. The predicted molar refractivity (Wildman–Crippen MR) is 93.7 cm³/mol. The maximum absolute atomic E-state index is 12.3. The Morgan fingerprint density at radius 1 is 1.08 bits per heavy atom. The van der Waals surface area contributed by atoms with Crippen LogP contribution in [0.1, 0.15) is 27.6 Å². The summed E-state index contributed by atoms with van der Waals surface area (Å²) in [6.07, 6.45) is 5.14. The Morgan fingerprint density at radius 2 is 2.00 bits per heavy atom. The highest BCUT2D eigenvalue weighted by atomic mass is 16.1. The van der Waals surface area contributed by atoms with Crippen LogP contribution < -0.4 is 10.6 Å². The fourth-order valence-corrected chi connectivity index (χ4v) is 2.23. The Balaban J connectivity index is 1.65. The van der Waals surface area contributed by atoms with Gasteiger partial charge in [-0.3, -0.25) is 14.8 Å². The van der Waals surface area contributed by atoms with E-state index in [9.17, 15) is 4.79 Å². The van der Waals surface area contributed by atoms with E-state index in [1.807, 2.05) is 30.3 Å². The molecule has 3 heterocycles. The number of anilines is 1. The number of nitrogens with one attached hydrogen (secondary N) is 2. The van der Waals surface area contributed by atoms with Gasteiger partial charge in [-0.05, 0) is 30.7 Å². The van der Waals surface area contributed by atoms with Gasteiger partial charge in [0, 0.05) is 31.2 Å². The summed E-state index contributed by atoms with van der Waals surface area (Å²) >= 11 is 0. The van der Waals surface area contributed by atoms with E-state index < -0.39 is 0 Å². The molecule has 0 fully saturated rings. The van der Waals surface area contributed by atoms with E-state index in [2.05, 4.69) is 30.6 Å². The van der Waals surface area contributed by atoms with Crippen LogP contribution in [-0.2, 0) is 13.1 Å². The minimum absolute atomic E-state index is 0.254. The molecule has 0 bridgehead atoms. The van der Waals surface area contributed by atoms with E-state index in [1.165, 1.54) is 0 Å². The van der Waals surface area contributed by atoms with Crippen molar-refractivity contribution in [3.05, 3.63) is 77.8 Å². The van der Waals surface area contributed by atoms with Crippen LogP contribution in [0.5, 0.6) is 0 Å². The molecule has 0 saturated heterocycles. The number of aromatic nitrogens is 4. The first kappa shape index (κ1) is 16.5. The lowest BCUT2D eigenvalue weighted by atomic mass is 10.2. The predicted octanol–water partition coefficient (Wildman–Crippen LogP) is 2.12. The molecular formula is C18H18N6O. The van der Waals surface area contributed by atoms with Crippen LogP contribution in [-0.4, -0.2) is 25.8 Å². The van der Waals surface area contributed by atoms with E-state index in [1.54, 1.807) is 31.6 Å².